The number of aryl methyl sites for hydroxylation is 1. The molecule has 37 heavy (non-hydrogen) atoms. The number of thiophene rings is 1. The Morgan fingerprint density at radius 3 is 2.54 bits per heavy atom. The van der Waals surface area contributed by atoms with Crippen molar-refractivity contribution in [2.45, 2.75) is 41.2 Å². The zero-order valence-corrected chi connectivity index (χ0v) is 22.9. The molecule has 0 atom stereocenters. The minimum Gasteiger partial charge on any atom is -0.420 e. The summed E-state index contributed by atoms with van der Waals surface area (Å²) in [5, 5.41) is 8.40. The van der Waals surface area contributed by atoms with E-state index < -0.39 is 0 Å². The lowest BCUT2D eigenvalue weighted by molar-refractivity contribution is 0.0962. The molecule has 8 nitrogen and oxygen atoms in total. The van der Waals surface area contributed by atoms with Crippen LogP contribution >= 0.6 is 11.3 Å². The van der Waals surface area contributed by atoms with Crippen LogP contribution in [-0.2, 0) is 6.54 Å². The number of hydrogen-bond acceptors (Lipinski definition) is 8. The molecule has 0 unspecified atom stereocenters. The highest BCUT2D eigenvalue weighted by atomic mass is 32.1. The maximum atomic E-state index is 12.5. The highest BCUT2D eigenvalue weighted by Crippen LogP contribution is 2.41. The van der Waals surface area contributed by atoms with E-state index in [1.807, 2.05) is 37.4 Å². The number of rotatable bonds is 8. The molecule has 0 aliphatic carbocycles. The van der Waals surface area contributed by atoms with Gasteiger partial charge >= 0.3 is 0 Å². The average Bonchev–Trinajstić information content (AvgIpc) is 3.12. The predicted octanol–water partition coefficient (Wildman–Crippen LogP) is 5.61. The lowest BCUT2D eigenvalue weighted by Crippen LogP contribution is -2.31. The minimum atomic E-state index is -0.0297. The summed E-state index contributed by atoms with van der Waals surface area (Å²) < 4.78 is 7.34. The number of carbonyl (C=O) groups excluding carboxylic acids is 1. The third-order valence-corrected chi connectivity index (χ3v) is 7.36. The van der Waals surface area contributed by atoms with E-state index in [1.165, 1.54) is 11.3 Å². The molecule has 1 aliphatic rings. The molecule has 2 N–H and O–H groups in total. The number of aromatic nitrogens is 3. The molecule has 1 aromatic carbocycles. The van der Waals surface area contributed by atoms with E-state index in [0.717, 1.165) is 51.9 Å². The lowest BCUT2D eigenvalue weighted by atomic mass is 10.1. The Balaban J connectivity index is 1.48. The van der Waals surface area contributed by atoms with Gasteiger partial charge in [-0.15, -0.1) is 11.3 Å². The van der Waals surface area contributed by atoms with Crippen LogP contribution in [-0.4, -0.2) is 51.9 Å². The maximum Gasteiger partial charge on any atom is 0.263 e. The summed E-state index contributed by atoms with van der Waals surface area (Å²) in [7, 11) is 0. The van der Waals surface area contributed by atoms with Crippen molar-refractivity contribution in [2.75, 3.05) is 31.5 Å². The average molecular weight is 519 g/mol. The minimum absolute atomic E-state index is 0.0297. The van der Waals surface area contributed by atoms with Gasteiger partial charge in [-0.2, -0.15) is 4.98 Å². The molecule has 0 saturated carbocycles. The van der Waals surface area contributed by atoms with E-state index in [0.29, 0.717) is 47.4 Å². The highest BCUT2D eigenvalue weighted by molar-refractivity contribution is 7.21. The van der Waals surface area contributed by atoms with Crippen LogP contribution in [0.5, 0.6) is 11.8 Å². The standard InChI is InChI=1S/C28H34N6O2S/c1-16(2)13-34(14-17(3)4)15-19-12-31-18(5)32-28(19)36-23-9-6-20-21(33-23)7-8-22-24(20)25-26(37-22)27(35)30-11-10-29-25/h6-9,12,16-17,29H,10-11,13-15H2,1-5H3,(H,30,35). The molecule has 194 valence electrons. The van der Waals surface area contributed by atoms with Gasteiger partial charge in [0.15, 0.2) is 0 Å². The Hall–Kier alpha value is -3.30. The van der Waals surface area contributed by atoms with Crippen molar-refractivity contribution in [3.8, 4) is 11.8 Å². The largest absolute Gasteiger partial charge is 0.420 e. The predicted molar refractivity (Wildman–Crippen MR) is 150 cm³/mol. The van der Waals surface area contributed by atoms with E-state index in [-0.39, 0.29) is 5.91 Å². The third-order valence-electron chi connectivity index (χ3n) is 6.20. The highest BCUT2D eigenvalue weighted by Gasteiger charge is 2.23. The number of anilines is 1. The zero-order chi connectivity index (χ0) is 26.1. The molecule has 0 saturated heterocycles. The second-order valence-corrected chi connectivity index (χ2v) is 11.5. The molecule has 0 radical (unpaired) electrons. The monoisotopic (exact) mass is 518 g/mol. The first-order valence-electron chi connectivity index (χ1n) is 12.9. The lowest BCUT2D eigenvalue weighted by Gasteiger charge is -2.26. The number of fused-ring (bicyclic) bond motifs is 5. The maximum absolute atomic E-state index is 12.5. The first-order chi connectivity index (χ1) is 17.8. The van der Waals surface area contributed by atoms with Crippen LogP contribution in [0, 0.1) is 18.8 Å². The van der Waals surface area contributed by atoms with Crippen LogP contribution < -0.4 is 15.4 Å². The number of pyridine rings is 1. The molecule has 0 spiro atoms. The van der Waals surface area contributed by atoms with Gasteiger partial charge in [0.05, 0.1) is 11.2 Å². The number of amides is 1. The summed E-state index contributed by atoms with van der Waals surface area (Å²) in [6.45, 7) is 14.8. The Morgan fingerprint density at radius 1 is 1.03 bits per heavy atom. The Kier molecular flexibility index (Phi) is 7.26. The van der Waals surface area contributed by atoms with Crippen molar-refractivity contribution in [2.24, 2.45) is 11.8 Å². The summed E-state index contributed by atoms with van der Waals surface area (Å²) in [6.07, 6.45) is 1.87. The summed E-state index contributed by atoms with van der Waals surface area (Å²) in [5.41, 5.74) is 2.65. The van der Waals surface area contributed by atoms with Gasteiger partial charge in [0, 0.05) is 66.0 Å². The zero-order valence-electron chi connectivity index (χ0n) is 22.1. The van der Waals surface area contributed by atoms with Crippen molar-refractivity contribution < 1.29 is 9.53 Å². The quantitative estimate of drug-likeness (QED) is 0.313. The Labute approximate surface area is 221 Å². The van der Waals surface area contributed by atoms with Crippen LogP contribution in [0.2, 0.25) is 0 Å². The number of nitrogens with one attached hydrogen (secondary N) is 2. The van der Waals surface area contributed by atoms with Crippen molar-refractivity contribution in [1.29, 1.82) is 0 Å². The van der Waals surface area contributed by atoms with Crippen molar-refractivity contribution >= 4 is 43.9 Å². The van der Waals surface area contributed by atoms with Crippen LogP contribution in [0.15, 0.2) is 30.5 Å². The summed E-state index contributed by atoms with van der Waals surface area (Å²) in [4.78, 5) is 29.6. The van der Waals surface area contributed by atoms with Crippen molar-refractivity contribution in [3.63, 3.8) is 0 Å². The van der Waals surface area contributed by atoms with Gasteiger partial charge in [-0.3, -0.25) is 9.69 Å². The fraction of sp³-hybridized carbons (Fsp3) is 0.429. The molecule has 1 amide bonds. The fourth-order valence-corrected chi connectivity index (χ4v) is 5.97. The van der Waals surface area contributed by atoms with E-state index >= 15 is 0 Å². The van der Waals surface area contributed by atoms with E-state index in [2.05, 4.69) is 53.2 Å². The summed E-state index contributed by atoms with van der Waals surface area (Å²) in [6, 6.07) is 7.91. The number of nitrogens with zero attached hydrogens (tertiary/aromatic N) is 4. The Bertz CT molecular complexity index is 1440. The molecule has 9 heteroatoms. The molecule has 5 rings (SSSR count). The van der Waals surface area contributed by atoms with Gasteiger partial charge < -0.3 is 15.4 Å². The van der Waals surface area contributed by atoms with Gasteiger partial charge in [-0.05, 0) is 37.0 Å². The normalized spacial score (nSPS) is 13.8. The molecule has 0 bridgehead atoms. The summed E-state index contributed by atoms with van der Waals surface area (Å²) in [5.74, 6) is 2.77. The first-order valence-corrected chi connectivity index (χ1v) is 13.7. The fourth-order valence-electron chi connectivity index (χ4n) is 4.86. The number of hydrogen-bond donors (Lipinski definition) is 2. The molecule has 0 fully saturated rings. The molecular formula is C28H34N6O2S. The van der Waals surface area contributed by atoms with E-state index in [1.54, 1.807) is 0 Å². The van der Waals surface area contributed by atoms with Crippen molar-refractivity contribution in [3.05, 3.63) is 46.7 Å². The van der Waals surface area contributed by atoms with Gasteiger partial charge in [0.2, 0.25) is 11.8 Å². The second-order valence-electron chi connectivity index (χ2n) is 10.5. The van der Waals surface area contributed by atoms with Crippen LogP contribution in [0.3, 0.4) is 0 Å². The number of ether oxygens (including phenoxy) is 1. The van der Waals surface area contributed by atoms with Crippen molar-refractivity contribution in [1.82, 2.24) is 25.2 Å². The van der Waals surface area contributed by atoms with Crippen LogP contribution in [0.25, 0.3) is 21.0 Å². The second kappa shape index (κ2) is 10.6. The smallest absolute Gasteiger partial charge is 0.263 e. The number of carbonyl (C=O) groups is 1. The molecule has 4 heterocycles. The molecule has 4 aromatic rings. The van der Waals surface area contributed by atoms with Gasteiger partial charge in [-0.25, -0.2) is 9.97 Å². The topological polar surface area (TPSA) is 92.3 Å². The van der Waals surface area contributed by atoms with E-state index in [9.17, 15) is 4.79 Å². The van der Waals surface area contributed by atoms with E-state index in [4.69, 9.17) is 9.72 Å². The molecular weight excluding hydrogens is 484 g/mol. The molecule has 3 aromatic heterocycles. The summed E-state index contributed by atoms with van der Waals surface area (Å²) >= 11 is 1.50. The number of benzene rings is 1. The van der Waals surface area contributed by atoms with Gasteiger partial charge in [-0.1, -0.05) is 27.7 Å². The van der Waals surface area contributed by atoms with Gasteiger partial charge in [0.25, 0.3) is 5.91 Å². The SMILES string of the molecule is Cc1ncc(CN(CC(C)C)CC(C)C)c(Oc2ccc3c(ccc4sc5c(c43)NCCNC5=O)n2)n1. The Morgan fingerprint density at radius 2 is 1.78 bits per heavy atom. The van der Waals surface area contributed by atoms with Crippen LogP contribution in [0.1, 0.15) is 48.8 Å². The molecule has 1 aliphatic heterocycles. The van der Waals surface area contributed by atoms with Gasteiger partial charge in [0.1, 0.15) is 10.7 Å². The third kappa shape index (κ3) is 5.52. The van der Waals surface area contributed by atoms with Crippen LogP contribution in [0.4, 0.5) is 5.69 Å². The first kappa shape index (κ1) is 25.4.